The van der Waals surface area contributed by atoms with Gasteiger partial charge in [0.15, 0.2) is 5.12 Å². The van der Waals surface area contributed by atoms with Crippen LogP contribution in [0.25, 0.3) is 0 Å². The third-order valence-electron chi connectivity index (χ3n) is 4.65. The number of carbonyl (C=O) groups is 1. The number of nitrogens with two attached hydrogens (primary N) is 1. The Kier molecular flexibility index (Phi) is 7.18. The van der Waals surface area contributed by atoms with E-state index in [0.29, 0.717) is 12.3 Å². The van der Waals surface area contributed by atoms with E-state index < -0.39 is 10.0 Å². The minimum Gasteiger partial charge on any atom is -0.328 e. The fourth-order valence-electron chi connectivity index (χ4n) is 3.15. The van der Waals surface area contributed by atoms with Crippen LogP contribution in [0.5, 0.6) is 0 Å². The van der Waals surface area contributed by atoms with Crippen molar-refractivity contribution in [1.29, 1.82) is 0 Å². The summed E-state index contributed by atoms with van der Waals surface area (Å²) < 4.78 is 27.3. The maximum atomic E-state index is 12.3. The summed E-state index contributed by atoms with van der Waals surface area (Å²) in [6.45, 7) is 0.341. The Hall–Kier alpha value is -0.110. The maximum Gasteiger partial charge on any atom is 0.214 e. The van der Waals surface area contributed by atoms with Crippen molar-refractivity contribution in [2.75, 3.05) is 12.3 Å². The van der Waals surface area contributed by atoms with Crippen LogP contribution < -0.4 is 10.5 Å². The van der Waals surface area contributed by atoms with E-state index in [1.807, 2.05) is 0 Å². The van der Waals surface area contributed by atoms with Gasteiger partial charge in [0.2, 0.25) is 10.0 Å². The molecular weight excluding hydrogens is 320 g/mol. The van der Waals surface area contributed by atoms with Crippen molar-refractivity contribution in [3.63, 3.8) is 0 Å². The summed E-state index contributed by atoms with van der Waals surface area (Å²) in [4.78, 5) is 11.8. The lowest BCUT2D eigenvalue weighted by Crippen LogP contribution is -2.40. The number of rotatable bonds is 6. The molecule has 2 fully saturated rings. The Morgan fingerprint density at radius 2 is 1.68 bits per heavy atom. The minimum atomic E-state index is -3.24. The van der Waals surface area contributed by atoms with Gasteiger partial charge < -0.3 is 5.73 Å². The fourth-order valence-corrected chi connectivity index (χ4v) is 5.69. The Labute approximate surface area is 138 Å². The largest absolute Gasteiger partial charge is 0.328 e. The van der Waals surface area contributed by atoms with Crippen LogP contribution >= 0.6 is 11.8 Å². The zero-order valence-corrected chi connectivity index (χ0v) is 14.8. The molecule has 0 aromatic rings. The first-order chi connectivity index (χ1) is 10.5. The molecule has 0 heterocycles. The number of thioether (sulfide) groups is 1. The molecule has 128 valence electrons. The van der Waals surface area contributed by atoms with Crippen molar-refractivity contribution in [2.45, 2.75) is 69.1 Å². The van der Waals surface area contributed by atoms with Crippen LogP contribution in [0.4, 0.5) is 0 Å². The van der Waals surface area contributed by atoms with E-state index in [1.165, 1.54) is 18.2 Å². The van der Waals surface area contributed by atoms with Crippen LogP contribution in [0.15, 0.2) is 0 Å². The van der Waals surface area contributed by atoms with Crippen LogP contribution in [-0.2, 0) is 14.8 Å². The van der Waals surface area contributed by atoms with E-state index in [2.05, 4.69) is 4.72 Å². The van der Waals surface area contributed by atoms with E-state index in [0.717, 1.165) is 51.4 Å². The Bertz CT molecular complexity index is 453. The minimum absolute atomic E-state index is 0.0854. The first kappa shape index (κ1) is 18.2. The van der Waals surface area contributed by atoms with Gasteiger partial charge in [0.1, 0.15) is 0 Å². The van der Waals surface area contributed by atoms with Crippen LogP contribution in [0.3, 0.4) is 0 Å². The van der Waals surface area contributed by atoms with Crippen molar-refractivity contribution >= 4 is 26.9 Å². The zero-order valence-electron chi connectivity index (χ0n) is 13.1. The second-order valence-electron chi connectivity index (χ2n) is 6.50. The van der Waals surface area contributed by atoms with Gasteiger partial charge in [-0.1, -0.05) is 43.9 Å². The van der Waals surface area contributed by atoms with Crippen molar-refractivity contribution in [3.05, 3.63) is 0 Å². The zero-order chi connectivity index (χ0) is 16.0. The van der Waals surface area contributed by atoms with Crippen LogP contribution in [0.1, 0.15) is 57.8 Å². The molecule has 0 bridgehead atoms. The van der Waals surface area contributed by atoms with Gasteiger partial charge in [-0.2, -0.15) is 0 Å². The highest BCUT2D eigenvalue weighted by Gasteiger charge is 2.32. The van der Waals surface area contributed by atoms with Gasteiger partial charge in [0, 0.05) is 24.3 Å². The molecule has 0 unspecified atom stereocenters. The number of hydrogen-bond acceptors (Lipinski definition) is 5. The molecule has 5 nitrogen and oxygen atoms in total. The summed E-state index contributed by atoms with van der Waals surface area (Å²) >= 11 is 1.24. The number of sulfonamides is 1. The summed E-state index contributed by atoms with van der Waals surface area (Å²) in [5, 5.41) is -0.0926. The molecule has 2 aliphatic carbocycles. The molecule has 2 saturated carbocycles. The van der Waals surface area contributed by atoms with E-state index in [9.17, 15) is 13.2 Å². The lowest BCUT2D eigenvalue weighted by atomic mass is 9.82. The van der Waals surface area contributed by atoms with Gasteiger partial charge in [-0.25, -0.2) is 13.1 Å². The SMILES string of the molecule is NC1CC(C(=O)SCCNS(=O)(=O)C2CCCCCCC2)C1. The van der Waals surface area contributed by atoms with Gasteiger partial charge in [-0.3, -0.25) is 4.79 Å². The quantitative estimate of drug-likeness (QED) is 0.717. The molecule has 0 radical (unpaired) electrons. The lowest BCUT2D eigenvalue weighted by Gasteiger charge is -2.30. The molecule has 0 aromatic carbocycles. The summed E-state index contributed by atoms with van der Waals surface area (Å²) in [5.74, 6) is 0.596. The molecule has 0 saturated heterocycles. The second kappa shape index (κ2) is 8.66. The molecule has 22 heavy (non-hydrogen) atoms. The monoisotopic (exact) mass is 348 g/mol. The molecule has 0 aliphatic heterocycles. The summed E-state index contributed by atoms with van der Waals surface area (Å²) in [5.41, 5.74) is 5.67. The lowest BCUT2D eigenvalue weighted by molar-refractivity contribution is -0.116. The highest BCUT2D eigenvalue weighted by atomic mass is 32.2. The molecule has 2 rings (SSSR count). The number of carbonyl (C=O) groups excluding carboxylic acids is 1. The average molecular weight is 349 g/mol. The molecule has 2 aliphatic rings. The topological polar surface area (TPSA) is 89.3 Å². The fraction of sp³-hybridized carbons (Fsp3) is 0.933. The van der Waals surface area contributed by atoms with Crippen molar-refractivity contribution in [1.82, 2.24) is 4.72 Å². The van der Waals surface area contributed by atoms with Crippen molar-refractivity contribution in [2.24, 2.45) is 11.7 Å². The normalized spacial score (nSPS) is 27.7. The molecular formula is C15H28N2O3S2. The Morgan fingerprint density at radius 1 is 1.09 bits per heavy atom. The van der Waals surface area contributed by atoms with Crippen LogP contribution in [-0.4, -0.2) is 37.1 Å². The third kappa shape index (κ3) is 5.51. The summed E-state index contributed by atoms with van der Waals surface area (Å²) in [6, 6.07) is 0.173. The molecule has 0 atom stereocenters. The average Bonchev–Trinajstić information content (AvgIpc) is 2.39. The molecule has 0 spiro atoms. The smallest absolute Gasteiger partial charge is 0.214 e. The van der Waals surface area contributed by atoms with Crippen molar-refractivity contribution in [3.8, 4) is 0 Å². The molecule has 7 heteroatoms. The molecule has 0 amide bonds. The summed E-state index contributed by atoms with van der Waals surface area (Å²) in [6.07, 6.45) is 8.59. The first-order valence-corrected chi connectivity index (χ1v) is 10.9. The van der Waals surface area contributed by atoms with E-state index in [1.54, 1.807) is 0 Å². The van der Waals surface area contributed by atoms with Gasteiger partial charge >= 0.3 is 0 Å². The van der Waals surface area contributed by atoms with E-state index >= 15 is 0 Å². The van der Waals surface area contributed by atoms with E-state index in [4.69, 9.17) is 5.73 Å². The van der Waals surface area contributed by atoms with Gasteiger partial charge in [-0.15, -0.1) is 0 Å². The van der Waals surface area contributed by atoms with Gasteiger partial charge in [-0.05, 0) is 25.7 Å². The first-order valence-electron chi connectivity index (χ1n) is 8.40. The number of nitrogens with one attached hydrogen (secondary N) is 1. The van der Waals surface area contributed by atoms with Crippen LogP contribution in [0.2, 0.25) is 0 Å². The van der Waals surface area contributed by atoms with Gasteiger partial charge in [0.25, 0.3) is 0 Å². The predicted molar refractivity (Wildman–Crippen MR) is 91.2 cm³/mol. The Morgan fingerprint density at radius 3 is 2.27 bits per heavy atom. The second-order valence-corrected chi connectivity index (χ2v) is 9.65. The van der Waals surface area contributed by atoms with E-state index in [-0.39, 0.29) is 22.3 Å². The molecule has 0 aromatic heterocycles. The highest BCUT2D eigenvalue weighted by Crippen LogP contribution is 2.30. The third-order valence-corrected chi connectivity index (χ3v) is 7.63. The predicted octanol–water partition coefficient (Wildman–Crippen LogP) is 2.02. The summed E-state index contributed by atoms with van der Waals surface area (Å²) in [7, 11) is -3.24. The molecule has 3 N–H and O–H groups in total. The number of hydrogen-bond donors (Lipinski definition) is 2. The maximum absolute atomic E-state index is 12.3. The standard InChI is InChI=1S/C15H28N2O3S2/c16-13-10-12(11-13)15(18)21-9-8-17-22(19,20)14-6-4-2-1-3-5-7-14/h12-14,17H,1-11,16H2. The van der Waals surface area contributed by atoms with Crippen molar-refractivity contribution < 1.29 is 13.2 Å². The van der Waals surface area contributed by atoms with Crippen LogP contribution in [0, 0.1) is 5.92 Å². The highest BCUT2D eigenvalue weighted by molar-refractivity contribution is 8.13. The Balaban J connectivity index is 1.67. The van der Waals surface area contributed by atoms with Gasteiger partial charge in [0.05, 0.1) is 5.25 Å².